The van der Waals surface area contributed by atoms with Gasteiger partial charge in [0.1, 0.15) is 0 Å². The average molecular weight is 319 g/mol. The lowest BCUT2D eigenvalue weighted by Gasteiger charge is -2.38. The van der Waals surface area contributed by atoms with Gasteiger partial charge in [-0.1, -0.05) is 11.3 Å². The molecule has 2 aromatic heterocycles. The number of nitrogens with zero attached hydrogens (tertiary/aromatic N) is 5. The van der Waals surface area contributed by atoms with Crippen molar-refractivity contribution in [2.75, 3.05) is 24.5 Å². The van der Waals surface area contributed by atoms with Gasteiger partial charge in [-0.3, -0.25) is 9.69 Å². The summed E-state index contributed by atoms with van der Waals surface area (Å²) in [5.74, 6) is 0. The van der Waals surface area contributed by atoms with Crippen molar-refractivity contribution in [3.63, 3.8) is 0 Å². The maximum absolute atomic E-state index is 11.8. The number of hydrogen-bond acceptors (Lipinski definition) is 6. The lowest BCUT2D eigenvalue weighted by Crippen LogP contribution is -2.46. The van der Waals surface area contributed by atoms with Crippen LogP contribution < -0.4 is 10.5 Å². The van der Waals surface area contributed by atoms with Gasteiger partial charge in [0, 0.05) is 37.4 Å². The van der Waals surface area contributed by atoms with Crippen LogP contribution in [0.4, 0.5) is 5.13 Å². The van der Waals surface area contributed by atoms with Crippen LogP contribution in [0.25, 0.3) is 4.96 Å². The molecule has 0 radical (unpaired) electrons. The Kier molecular flexibility index (Phi) is 3.62. The number of likely N-dealkylation sites (tertiary alicyclic amines) is 1. The molecule has 1 unspecified atom stereocenters. The molecule has 2 aliphatic rings. The number of hydrogen-bond donors (Lipinski definition) is 0. The Morgan fingerprint density at radius 1 is 1.23 bits per heavy atom. The van der Waals surface area contributed by atoms with Gasteiger partial charge >= 0.3 is 0 Å². The standard InChI is InChI=1S/C15H21N5OS/c1-11-3-2-8-19(11)12-5-9-18(10-6-12)15-17-20-13(21)4-7-16-14(20)22-15/h4,7,11-12H,2-3,5-6,8-10H2,1H3. The first kappa shape index (κ1) is 14.1. The SMILES string of the molecule is CC1CCCN1C1CCN(c2nn3c(=O)ccnc3s2)CC1. The van der Waals surface area contributed by atoms with Gasteiger partial charge in [0.25, 0.3) is 5.56 Å². The van der Waals surface area contributed by atoms with Gasteiger partial charge in [0.15, 0.2) is 0 Å². The molecule has 0 saturated carbocycles. The van der Waals surface area contributed by atoms with Gasteiger partial charge in [-0.15, -0.1) is 5.10 Å². The van der Waals surface area contributed by atoms with E-state index in [9.17, 15) is 4.79 Å². The Morgan fingerprint density at radius 2 is 2.05 bits per heavy atom. The first-order valence-electron chi connectivity index (χ1n) is 8.08. The van der Waals surface area contributed by atoms with Gasteiger partial charge in [-0.2, -0.15) is 4.52 Å². The lowest BCUT2D eigenvalue weighted by atomic mass is 10.0. The third-order valence-corrected chi connectivity index (χ3v) is 5.95. The number of anilines is 1. The molecule has 2 fully saturated rings. The summed E-state index contributed by atoms with van der Waals surface area (Å²) in [4.78, 5) is 21.7. The van der Waals surface area contributed by atoms with E-state index >= 15 is 0 Å². The maximum Gasteiger partial charge on any atom is 0.275 e. The van der Waals surface area contributed by atoms with Crippen LogP contribution in [0.5, 0.6) is 0 Å². The van der Waals surface area contributed by atoms with Crippen LogP contribution >= 0.6 is 11.3 Å². The predicted molar refractivity (Wildman–Crippen MR) is 87.8 cm³/mol. The number of rotatable bonds is 2. The molecule has 0 amide bonds. The summed E-state index contributed by atoms with van der Waals surface area (Å²) in [5, 5.41) is 5.37. The summed E-state index contributed by atoms with van der Waals surface area (Å²) in [6.45, 7) is 5.64. The monoisotopic (exact) mass is 319 g/mol. The maximum atomic E-state index is 11.8. The first-order valence-corrected chi connectivity index (χ1v) is 8.89. The van der Waals surface area contributed by atoms with Crippen LogP contribution in [0.1, 0.15) is 32.6 Å². The van der Waals surface area contributed by atoms with Crippen molar-refractivity contribution in [1.29, 1.82) is 0 Å². The molecule has 118 valence electrons. The molecule has 0 N–H and O–H groups in total. The molecule has 1 atom stereocenters. The van der Waals surface area contributed by atoms with E-state index in [2.05, 4.69) is 26.8 Å². The highest BCUT2D eigenvalue weighted by molar-refractivity contribution is 7.20. The molecular weight excluding hydrogens is 298 g/mol. The van der Waals surface area contributed by atoms with E-state index < -0.39 is 0 Å². The molecule has 2 saturated heterocycles. The highest BCUT2D eigenvalue weighted by Gasteiger charge is 2.31. The molecule has 2 aliphatic heterocycles. The van der Waals surface area contributed by atoms with Crippen molar-refractivity contribution < 1.29 is 0 Å². The van der Waals surface area contributed by atoms with Gasteiger partial charge < -0.3 is 4.90 Å². The summed E-state index contributed by atoms with van der Waals surface area (Å²) < 4.78 is 1.41. The molecule has 0 spiro atoms. The molecule has 22 heavy (non-hydrogen) atoms. The molecule has 7 heteroatoms. The Bertz CT molecular complexity index is 718. The Hall–Kier alpha value is -1.47. The van der Waals surface area contributed by atoms with E-state index in [4.69, 9.17) is 0 Å². The van der Waals surface area contributed by atoms with Crippen LogP contribution in [0.3, 0.4) is 0 Å². The summed E-state index contributed by atoms with van der Waals surface area (Å²) in [7, 11) is 0. The van der Waals surface area contributed by atoms with E-state index in [1.165, 1.54) is 54.1 Å². The molecular formula is C15H21N5OS. The van der Waals surface area contributed by atoms with Crippen molar-refractivity contribution in [3.05, 3.63) is 22.6 Å². The van der Waals surface area contributed by atoms with Crippen molar-refractivity contribution in [1.82, 2.24) is 19.5 Å². The number of aromatic nitrogens is 3. The van der Waals surface area contributed by atoms with Crippen LogP contribution in [-0.2, 0) is 0 Å². The van der Waals surface area contributed by atoms with E-state index in [0.29, 0.717) is 11.0 Å². The van der Waals surface area contributed by atoms with Crippen LogP contribution in [0.2, 0.25) is 0 Å². The fraction of sp³-hybridized carbons (Fsp3) is 0.667. The van der Waals surface area contributed by atoms with Crippen molar-refractivity contribution in [2.24, 2.45) is 0 Å². The third-order valence-electron chi connectivity index (χ3n) is 4.97. The summed E-state index contributed by atoms with van der Waals surface area (Å²) in [6.07, 6.45) is 6.60. The minimum Gasteiger partial charge on any atom is -0.347 e. The van der Waals surface area contributed by atoms with Crippen molar-refractivity contribution in [2.45, 2.75) is 44.7 Å². The number of piperidine rings is 1. The molecule has 6 nitrogen and oxygen atoms in total. The average Bonchev–Trinajstić information content (AvgIpc) is 3.14. The zero-order valence-electron chi connectivity index (χ0n) is 12.8. The fourth-order valence-corrected chi connectivity index (χ4v) is 4.68. The second-order valence-electron chi connectivity index (χ2n) is 6.31. The third kappa shape index (κ3) is 2.42. The van der Waals surface area contributed by atoms with E-state index in [0.717, 1.165) is 24.3 Å². The van der Waals surface area contributed by atoms with Crippen molar-refractivity contribution >= 4 is 21.4 Å². The zero-order chi connectivity index (χ0) is 15.1. The van der Waals surface area contributed by atoms with Crippen LogP contribution in [0, 0.1) is 0 Å². The van der Waals surface area contributed by atoms with Gasteiger partial charge in [0.05, 0.1) is 0 Å². The minimum atomic E-state index is -0.103. The predicted octanol–water partition coefficient (Wildman–Crippen LogP) is 1.60. The highest BCUT2D eigenvalue weighted by Crippen LogP contribution is 2.29. The molecule has 4 heterocycles. The second kappa shape index (κ2) is 5.62. The quantitative estimate of drug-likeness (QED) is 0.842. The highest BCUT2D eigenvalue weighted by atomic mass is 32.1. The topological polar surface area (TPSA) is 53.7 Å². The summed E-state index contributed by atoms with van der Waals surface area (Å²) >= 11 is 1.51. The second-order valence-corrected chi connectivity index (χ2v) is 7.24. The minimum absolute atomic E-state index is 0.103. The molecule has 0 bridgehead atoms. The van der Waals surface area contributed by atoms with Crippen LogP contribution in [-0.4, -0.2) is 51.2 Å². The Balaban J connectivity index is 1.48. The van der Waals surface area contributed by atoms with E-state index in [1.807, 2.05) is 0 Å². The molecule has 0 aromatic carbocycles. The van der Waals surface area contributed by atoms with Gasteiger partial charge in [-0.05, 0) is 39.2 Å². The molecule has 2 aromatic rings. The normalized spacial score (nSPS) is 24.4. The fourth-order valence-electron chi connectivity index (χ4n) is 3.75. The van der Waals surface area contributed by atoms with Crippen LogP contribution in [0.15, 0.2) is 17.1 Å². The smallest absolute Gasteiger partial charge is 0.275 e. The Morgan fingerprint density at radius 3 is 2.73 bits per heavy atom. The van der Waals surface area contributed by atoms with Crippen molar-refractivity contribution in [3.8, 4) is 0 Å². The molecule has 4 rings (SSSR count). The van der Waals surface area contributed by atoms with E-state index in [1.54, 1.807) is 6.20 Å². The summed E-state index contributed by atoms with van der Waals surface area (Å²) in [5.41, 5.74) is -0.103. The zero-order valence-corrected chi connectivity index (χ0v) is 13.6. The lowest BCUT2D eigenvalue weighted by molar-refractivity contribution is 0.163. The van der Waals surface area contributed by atoms with Gasteiger partial charge in [-0.25, -0.2) is 4.98 Å². The number of fused-ring (bicyclic) bond motifs is 1. The first-order chi connectivity index (χ1) is 10.7. The Labute approximate surface area is 133 Å². The van der Waals surface area contributed by atoms with E-state index in [-0.39, 0.29) is 5.56 Å². The molecule has 0 aliphatic carbocycles. The van der Waals surface area contributed by atoms with Gasteiger partial charge in [0.2, 0.25) is 10.1 Å². The largest absolute Gasteiger partial charge is 0.347 e. The summed E-state index contributed by atoms with van der Waals surface area (Å²) in [6, 6.07) is 2.91.